The minimum absolute atomic E-state index is 0.208. The number of nitrogens with zero attached hydrogens (tertiary/aromatic N) is 3. The molecule has 0 saturated carbocycles. The molecular formula is C21H33N3O2. The first kappa shape index (κ1) is 19.2. The summed E-state index contributed by atoms with van der Waals surface area (Å²) in [7, 11) is 5.42. The van der Waals surface area contributed by atoms with Crippen LogP contribution in [0.15, 0.2) is 12.1 Å². The fourth-order valence-corrected chi connectivity index (χ4v) is 4.39. The van der Waals surface area contributed by atoms with Gasteiger partial charge < -0.3 is 9.64 Å². The second-order valence-corrected chi connectivity index (χ2v) is 8.26. The van der Waals surface area contributed by atoms with Gasteiger partial charge in [-0.25, -0.2) is 0 Å². The van der Waals surface area contributed by atoms with Gasteiger partial charge in [0.1, 0.15) is 5.75 Å². The molecule has 0 aliphatic carbocycles. The number of benzene rings is 1. The Morgan fingerprint density at radius 2 is 1.92 bits per heavy atom. The topological polar surface area (TPSA) is 36.0 Å². The maximum atomic E-state index is 12.1. The van der Waals surface area contributed by atoms with Crippen LogP contribution in [0.25, 0.3) is 0 Å². The zero-order valence-corrected chi connectivity index (χ0v) is 16.9. The van der Waals surface area contributed by atoms with E-state index in [1.54, 1.807) is 12.0 Å². The molecule has 0 aromatic heterocycles. The molecule has 3 aliphatic heterocycles. The monoisotopic (exact) mass is 359 g/mol. The lowest BCUT2D eigenvalue weighted by molar-refractivity contribution is -0.130. The van der Waals surface area contributed by atoms with Crippen LogP contribution in [0.5, 0.6) is 5.75 Å². The predicted molar refractivity (Wildman–Crippen MR) is 105 cm³/mol. The Balaban J connectivity index is 1.71. The molecular weight excluding hydrogens is 326 g/mol. The number of hydrogen-bond donors (Lipinski definition) is 0. The number of amides is 1. The first-order valence-electron chi connectivity index (χ1n) is 9.68. The second kappa shape index (κ2) is 7.97. The summed E-state index contributed by atoms with van der Waals surface area (Å²) in [6.07, 6.45) is 2.53. The minimum Gasteiger partial charge on any atom is -0.496 e. The maximum absolute atomic E-state index is 12.1. The van der Waals surface area contributed by atoms with Gasteiger partial charge in [0.25, 0.3) is 0 Å². The van der Waals surface area contributed by atoms with Crippen molar-refractivity contribution in [1.29, 1.82) is 0 Å². The third-order valence-corrected chi connectivity index (χ3v) is 5.99. The van der Waals surface area contributed by atoms with Gasteiger partial charge in [-0.05, 0) is 55.4 Å². The SMILES string of the molecule is COc1cc(C)c(CN2C[C@H]3CC[C@@H]2CN(CC(=O)N(C)C)C3)cc1C. The Labute approximate surface area is 157 Å². The highest BCUT2D eigenvalue weighted by atomic mass is 16.5. The van der Waals surface area contributed by atoms with Crippen LogP contribution >= 0.6 is 0 Å². The van der Waals surface area contributed by atoms with Crippen molar-refractivity contribution in [2.45, 2.75) is 39.3 Å². The normalized spacial score (nSPS) is 23.7. The van der Waals surface area contributed by atoms with E-state index in [4.69, 9.17) is 4.74 Å². The molecule has 2 bridgehead atoms. The third-order valence-electron chi connectivity index (χ3n) is 5.99. The Kier molecular flexibility index (Phi) is 5.88. The lowest BCUT2D eigenvalue weighted by Crippen LogP contribution is -2.44. The summed E-state index contributed by atoms with van der Waals surface area (Å²) < 4.78 is 5.45. The molecule has 3 aliphatic rings. The number of ether oxygens (including phenoxy) is 1. The van der Waals surface area contributed by atoms with Crippen LogP contribution in [-0.4, -0.2) is 74.0 Å². The average Bonchev–Trinajstić information content (AvgIpc) is 2.88. The molecule has 144 valence electrons. The molecule has 0 radical (unpaired) electrons. The van der Waals surface area contributed by atoms with Crippen LogP contribution in [0.2, 0.25) is 0 Å². The molecule has 26 heavy (non-hydrogen) atoms. The molecule has 1 aromatic carbocycles. The first-order valence-corrected chi connectivity index (χ1v) is 9.68. The Morgan fingerprint density at radius 1 is 1.15 bits per heavy atom. The number of methoxy groups -OCH3 is 1. The summed E-state index contributed by atoms with van der Waals surface area (Å²) in [5.74, 6) is 1.85. The number of hydrogen-bond acceptors (Lipinski definition) is 4. The second-order valence-electron chi connectivity index (χ2n) is 8.26. The van der Waals surface area contributed by atoms with E-state index in [2.05, 4.69) is 35.8 Å². The van der Waals surface area contributed by atoms with Crippen molar-refractivity contribution in [2.24, 2.45) is 5.92 Å². The standard InChI is InChI=1S/C21H33N3O2/c1-15-9-20(26-5)16(2)8-18(15)12-24-11-17-6-7-19(24)13-23(10-17)14-21(25)22(3)4/h8-9,17,19H,6-7,10-14H2,1-5H3/t17-,19+/m0/s1. The summed E-state index contributed by atoms with van der Waals surface area (Å²) in [5, 5.41) is 0. The summed E-state index contributed by atoms with van der Waals surface area (Å²) in [6, 6.07) is 4.98. The van der Waals surface area contributed by atoms with Gasteiger partial charge in [0.05, 0.1) is 13.7 Å². The molecule has 3 fully saturated rings. The zero-order chi connectivity index (χ0) is 18.8. The number of carbonyl (C=O) groups excluding carboxylic acids is 1. The molecule has 0 spiro atoms. The molecule has 2 atom stereocenters. The number of aryl methyl sites for hydroxylation is 2. The molecule has 0 N–H and O–H groups in total. The van der Waals surface area contributed by atoms with Crippen LogP contribution in [0.4, 0.5) is 0 Å². The van der Waals surface area contributed by atoms with Crippen molar-refractivity contribution in [1.82, 2.24) is 14.7 Å². The highest BCUT2D eigenvalue weighted by molar-refractivity contribution is 5.77. The van der Waals surface area contributed by atoms with E-state index in [-0.39, 0.29) is 5.91 Å². The maximum Gasteiger partial charge on any atom is 0.236 e. The Bertz CT molecular complexity index is 659. The van der Waals surface area contributed by atoms with E-state index in [1.807, 2.05) is 14.1 Å². The van der Waals surface area contributed by atoms with E-state index in [0.29, 0.717) is 18.5 Å². The van der Waals surface area contributed by atoms with Crippen LogP contribution < -0.4 is 4.74 Å². The van der Waals surface area contributed by atoms with E-state index >= 15 is 0 Å². The molecule has 1 amide bonds. The van der Waals surface area contributed by atoms with Crippen molar-refractivity contribution in [3.63, 3.8) is 0 Å². The largest absolute Gasteiger partial charge is 0.496 e. The Morgan fingerprint density at radius 3 is 2.62 bits per heavy atom. The molecule has 4 rings (SSSR count). The van der Waals surface area contributed by atoms with Crippen LogP contribution in [-0.2, 0) is 11.3 Å². The van der Waals surface area contributed by atoms with E-state index in [0.717, 1.165) is 31.9 Å². The van der Waals surface area contributed by atoms with Crippen LogP contribution in [0.1, 0.15) is 29.5 Å². The average molecular weight is 360 g/mol. The van der Waals surface area contributed by atoms with Crippen LogP contribution in [0.3, 0.4) is 0 Å². The van der Waals surface area contributed by atoms with Crippen molar-refractivity contribution in [2.75, 3.05) is 47.4 Å². The highest BCUT2D eigenvalue weighted by Crippen LogP contribution is 2.31. The van der Waals surface area contributed by atoms with Crippen molar-refractivity contribution in [3.8, 4) is 5.75 Å². The molecule has 5 nitrogen and oxygen atoms in total. The van der Waals surface area contributed by atoms with Gasteiger partial charge in [0, 0.05) is 46.3 Å². The minimum atomic E-state index is 0.208. The smallest absolute Gasteiger partial charge is 0.236 e. The summed E-state index contributed by atoms with van der Waals surface area (Å²) in [4.78, 5) is 18.8. The summed E-state index contributed by atoms with van der Waals surface area (Å²) >= 11 is 0. The predicted octanol–water partition coefficient (Wildman–Crippen LogP) is 2.30. The van der Waals surface area contributed by atoms with Gasteiger partial charge in [0.2, 0.25) is 5.91 Å². The van der Waals surface area contributed by atoms with Crippen molar-refractivity contribution in [3.05, 3.63) is 28.8 Å². The first-order chi connectivity index (χ1) is 12.4. The molecule has 3 saturated heterocycles. The van der Waals surface area contributed by atoms with E-state index < -0.39 is 0 Å². The molecule has 3 heterocycles. The molecule has 5 heteroatoms. The summed E-state index contributed by atoms with van der Waals surface area (Å²) in [5.41, 5.74) is 3.89. The van der Waals surface area contributed by atoms with Gasteiger partial charge >= 0.3 is 0 Å². The summed E-state index contributed by atoms with van der Waals surface area (Å²) in [6.45, 7) is 9.03. The lowest BCUT2D eigenvalue weighted by Gasteiger charge is -2.36. The number of piperidine rings is 1. The number of carbonyl (C=O) groups is 1. The van der Waals surface area contributed by atoms with Gasteiger partial charge in [0.15, 0.2) is 0 Å². The van der Waals surface area contributed by atoms with Gasteiger partial charge in [-0.2, -0.15) is 0 Å². The number of likely N-dealkylation sites (N-methyl/N-ethyl adjacent to an activating group) is 1. The fraction of sp³-hybridized carbons (Fsp3) is 0.667. The number of rotatable bonds is 5. The molecule has 0 unspecified atom stereocenters. The van der Waals surface area contributed by atoms with Crippen molar-refractivity contribution < 1.29 is 9.53 Å². The fourth-order valence-electron chi connectivity index (χ4n) is 4.39. The molecule has 1 aromatic rings. The number of fused-ring (bicyclic) bond motifs is 4. The highest BCUT2D eigenvalue weighted by Gasteiger charge is 2.35. The van der Waals surface area contributed by atoms with E-state index in [9.17, 15) is 4.79 Å². The third kappa shape index (κ3) is 4.21. The zero-order valence-electron chi connectivity index (χ0n) is 16.9. The van der Waals surface area contributed by atoms with Gasteiger partial charge in [-0.1, -0.05) is 6.07 Å². The van der Waals surface area contributed by atoms with Gasteiger partial charge in [-0.15, -0.1) is 0 Å². The Hall–Kier alpha value is -1.59. The van der Waals surface area contributed by atoms with Crippen LogP contribution in [0, 0.1) is 19.8 Å². The quantitative estimate of drug-likeness (QED) is 0.808. The van der Waals surface area contributed by atoms with Crippen molar-refractivity contribution >= 4 is 5.91 Å². The van der Waals surface area contributed by atoms with Gasteiger partial charge in [-0.3, -0.25) is 14.6 Å². The van der Waals surface area contributed by atoms with E-state index in [1.165, 1.54) is 29.5 Å². The lowest BCUT2D eigenvalue weighted by atomic mass is 9.94.